The summed E-state index contributed by atoms with van der Waals surface area (Å²) in [5.41, 5.74) is -0.978. The van der Waals surface area contributed by atoms with E-state index in [-0.39, 0.29) is 11.5 Å². The van der Waals surface area contributed by atoms with Crippen molar-refractivity contribution in [3.05, 3.63) is 29.4 Å². The maximum Gasteiger partial charge on any atom is 0.344 e. The number of hydrogen-bond acceptors (Lipinski definition) is 5. The van der Waals surface area contributed by atoms with Crippen LogP contribution in [0, 0.1) is 12.7 Å². The first-order valence-electron chi connectivity index (χ1n) is 4.62. The van der Waals surface area contributed by atoms with Crippen molar-refractivity contribution in [2.24, 2.45) is 0 Å². The molecule has 0 spiro atoms. The van der Waals surface area contributed by atoms with Crippen LogP contribution in [0.1, 0.15) is 5.69 Å². The zero-order valence-electron chi connectivity index (χ0n) is 9.14. The monoisotopic (exact) mass is 256 g/mol. The van der Waals surface area contributed by atoms with Gasteiger partial charge in [-0.25, -0.2) is 19.0 Å². The number of carboxylic acids is 2. The van der Waals surface area contributed by atoms with Gasteiger partial charge in [0.2, 0.25) is 0 Å². The van der Waals surface area contributed by atoms with E-state index in [1.54, 1.807) is 0 Å². The molecule has 0 saturated carbocycles. The lowest BCUT2D eigenvalue weighted by Gasteiger charge is -2.05. The maximum atomic E-state index is 13.0. The first-order chi connectivity index (χ1) is 8.32. The van der Waals surface area contributed by atoms with Crippen LogP contribution in [0.2, 0.25) is 0 Å². The molecule has 1 heterocycles. The topological polar surface area (TPSA) is 120 Å². The van der Waals surface area contributed by atoms with Crippen molar-refractivity contribution in [1.29, 1.82) is 0 Å². The Bertz CT molecular complexity index is 525. The first kappa shape index (κ1) is 13.4. The van der Waals surface area contributed by atoms with Crippen LogP contribution in [0.4, 0.5) is 10.2 Å². The Kier molecular flexibility index (Phi) is 3.82. The number of halogens is 1. The standard InChI is InChI=1S/C10H9FN2O5/c1-4-6(11)2-7(14)8(13-4)12-3-5(9(15)16)10(17)18/h2-3,14H,1H3,(H,12,13)(H,15,16)(H,17,18). The van der Waals surface area contributed by atoms with Gasteiger partial charge in [-0.3, -0.25) is 0 Å². The Morgan fingerprint density at radius 1 is 1.39 bits per heavy atom. The highest BCUT2D eigenvalue weighted by Gasteiger charge is 2.16. The van der Waals surface area contributed by atoms with Gasteiger partial charge >= 0.3 is 11.9 Å². The van der Waals surface area contributed by atoms with Crippen LogP contribution in [0.3, 0.4) is 0 Å². The second-order valence-electron chi connectivity index (χ2n) is 3.24. The average molecular weight is 256 g/mol. The summed E-state index contributed by atoms with van der Waals surface area (Å²) in [5.74, 6) is -4.86. The Morgan fingerprint density at radius 2 is 1.94 bits per heavy atom. The van der Waals surface area contributed by atoms with E-state index in [4.69, 9.17) is 10.2 Å². The van der Waals surface area contributed by atoms with Crippen LogP contribution in [-0.4, -0.2) is 32.2 Å². The predicted octanol–water partition coefficient (Wildman–Crippen LogP) is 0.700. The molecule has 7 nitrogen and oxygen atoms in total. The van der Waals surface area contributed by atoms with Crippen LogP contribution in [0.15, 0.2) is 17.8 Å². The molecule has 0 amide bonds. The van der Waals surface area contributed by atoms with Gasteiger partial charge in [-0.1, -0.05) is 0 Å². The van der Waals surface area contributed by atoms with Gasteiger partial charge < -0.3 is 20.6 Å². The zero-order chi connectivity index (χ0) is 13.9. The Hall–Kier alpha value is -2.64. The zero-order valence-corrected chi connectivity index (χ0v) is 9.14. The second-order valence-corrected chi connectivity index (χ2v) is 3.24. The highest BCUT2D eigenvalue weighted by atomic mass is 19.1. The highest BCUT2D eigenvalue weighted by Crippen LogP contribution is 2.22. The smallest absolute Gasteiger partial charge is 0.344 e. The average Bonchev–Trinajstić information content (AvgIpc) is 2.24. The summed E-state index contributed by atoms with van der Waals surface area (Å²) in [6.07, 6.45) is 0.643. The van der Waals surface area contributed by atoms with Crippen molar-refractivity contribution in [1.82, 2.24) is 4.98 Å². The van der Waals surface area contributed by atoms with Crippen LogP contribution in [0.25, 0.3) is 0 Å². The summed E-state index contributed by atoms with van der Waals surface area (Å²) < 4.78 is 13.0. The Labute approximate surface area is 100 Å². The number of aromatic nitrogens is 1. The molecule has 96 valence electrons. The number of aromatic hydroxyl groups is 1. The number of carboxylic acid groups (broad SMARTS) is 2. The van der Waals surface area contributed by atoms with Crippen molar-refractivity contribution >= 4 is 17.8 Å². The lowest BCUT2D eigenvalue weighted by Crippen LogP contribution is -2.13. The number of rotatable bonds is 4. The number of aryl methyl sites for hydroxylation is 1. The molecule has 0 aliphatic rings. The normalized spacial score (nSPS) is 9.67. The van der Waals surface area contributed by atoms with E-state index in [1.165, 1.54) is 6.92 Å². The third kappa shape index (κ3) is 2.94. The number of hydrogen-bond donors (Lipinski definition) is 4. The molecule has 0 radical (unpaired) electrons. The second kappa shape index (κ2) is 5.13. The Balaban J connectivity index is 3.05. The van der Waals surface area contributed by atoms with Crippen LogP contribution in [0.5, 0.6) is 5.75 Å². The van der Waals surface area contributed by atoms with Gasteiger partial charge in [0.1, 0.15) is 5.82 Å². The molecule has 0 bridgehead atoms. The predicted molar refractivity (Wildman–Crippen MR) is 57.6 cm³/mol. The van der Waals surface area contributed by atoms with Gasteiger partial charge in [-0.15, -0.1) is 0 Å². The van der Waals surface area contributed by atoms with Crippen molar-refractivity contribution in [3.8, 4) is 5.75 Å². The fourth-order valence-electron chi connectivity index (χ4n) is 1.03. The molecule has 0 aliphatic carbocycles. The van der Waals surface area contributed by atoms with Gasteiger partial charge in [0, 0.05) is 12.3 Å². The van der Waals surface area contributed by atoms with Crippen molar-refractivity contribution in [2.75, 3.05) is 5.32 Å². The minimum atomic E-state index is -1.66. The molecule has 0 aliphatic heterocycles. The summed E-state index contributed by atoms with van der Waals surface area (Å²) in [6, 6.07) is 0.777. The third-order valence-corrected chi connectivity index (χ3v) is 1.95. The van der Waals surface area contributed by atoms with Crippen molar-refractivity contribution < 1.29 is 29.3 Å². The van der Waals surface area contributed by atoms with E-state index in [2.05, 4.69) is 10.3 Å². The number of nitrogens with one attached hydrogen (secondary N) is 1. The molecular weight excluding hydrogens is 247 g/mol. The summed E-state index contributed by atoms with van der Waals surface area (Å²) >= 11 is 0. The number of nitrogens with zero attached hydrogens (tertiary/aromatic N) is 1. The minimum absolute atomic E-state index is 0.0316. The van der Waals surface area contributed by atoms with Crippen LogP contribution < -0.4 is 5.32 Å². The molecule has 8 heteroatoms. The van der Waals surface area contributed by atoms with Gasteiger partial charge in [-0.2, -0.15) is 0 Å². The van der Waals surface area contributed by atoms with Crippen LogP contribution >= 0.6 is 0 Å². The van der Waals surface area contributed by atoms with Crippen molar-refractivity contribution in [3.63, 3.8) is 0 Å². The molecule has 0 fully saturated rings. The van der Waals surface area contributed by atoms with Crippen molar-refractivity contribution in [2.45, 2.75) is 6.92 Å². The van der Waals surface area contributed by atoms with E-state index in [9.17, 15) is 19.1 Å². The fraction of sp³-hybridized carbons (Fsp3) is 0.100. The molecule has 0 saturated heterocycles. The molecule has 1 aromatic heterocycles. The quantitative estimate of drug-likeness (QED) is 0.355. The first-order valence-corrected chi connectivity index (χ1v) is 4.62. The van der Waals surface area contributed by atoms with E-state index >= 15 is 0 Å². The van der Waals surface area contributed by atoms with Gasteiger partial charge in [-0.05, 0) is 6.92 Å². The van der Waals surface area contributed by atoms with E-state index in [0.29, 0.717) is 6.20 Å². The molecule has 18 heavy (non-hydrogen) atoms. The molecular formula is C10H9FN2O5. The molecule has 0 unspecified atom stereocenters. The van der Waals surface area contributed by atoms with E-state index in [0.717, 1.165) is 6.07 Å². The molecule has 1 aromatic rings. The van der Waals surface area contributed by atoms with Gasteiger partial charge in [0.05, 0.1) is 5.69 Å². The SMILES string of the molecule is Cc1nc(NC=C(C(=O)O)C(=O)O)c(O)cc1F. The minimum Gasteiger partial charge on any atom is -0.504 e. The number of aliphatic carboxylic acids is 2. The van der Waals surface area contributed by atoms with Gasteiger partial charge in [0.25, 0.3) is 0 Å². The van der Waals surface area contributed by atoms with E-state index in [1.807, 2.05) is 0 Å². The fourth-order valence-corrected chi connectivity index (χ4v) is 1.03. The van der Waals surface area contributed by atoms with Gasteiger partial charge in [0.15, 0.2) is 17.1 Å². The Morgan fingerprint density at radius 3 is 2.44 bits per heavy atom. The molecule has 0 atom stereocenters. The number of anilines is 1. The third-order valence-electron chi connectivity index (χ3n) is 1.95. The highest BCUT2D eigenvalue weighted by molar-refractivity contribution is 6.12. The molecule has 0 aromatic carbocycles. The number of carbonyl (C=O) groups is 2. The summed E-state index contributed by atoms with van der Waals surface area (Å²) in [4.78, 5) is 24.7. The number of pyridine rings is 1. The molecule has 4 N–H and O–H groups in total. The summed E-state index contributed by atoms with van der Waals surface area (Å²) in [5, 5.41) is 28.6. The van der Waals surface area contributed by atoms with Crippen LogP contribution in [-0.2, 0) is 9.59 Å². The summed E-state index contributed by atoms with van der Waals surface area (Å²) in [7, 11) is 0. The van der Waals surface area contributed by atoms with E-state index < -0.39 is 29.1 Å². The lowest BCUT2D eigenvalue weighted by atomic mass is 10.3. The summed E-state index contributed by atoms with van der Waals surface area (Å²) in [6.45, 7) is 1.33. The molecule has 1 rings (SSSR count). The lowest BCUT2D eigenvalue weighted by molar-refractivity contribution is -0.140. The largest absolute Gasteiger partial charge is 0.504 e. The maximum absolute atomic E-state index is 13.0.